The van der Waals surface area contributed by atoms with Crippen LogP contribution in [-0.2, 0) is 10.8 Å². The lowest BCUT2D eigenvalue weighted by atomic mass is 9.36. The van der Waals surface area contributed by atoms with E-state index in [4.69, 9.17) is 0 Å². The van der Waals surface area contributed by atoms with Crippen LogP contribution in [-0.4, -0.2) is 6.71 Å². The van der Waals surface area contributed by atoms with Gasteiger partial charge in [0, 0.05) is 43.7 Å². The highest BCUT2D eigenvalue weighted by Gasteiger charge is 2.57. The van der Waals surface area contributed by atoms with Gasteiger partial charge in [0.2, 0.25) is 0 Å². The third-order valence-electron chi connectivity index (χ3n) is 16.3. The monoisotopic (exact) mass is 942 g/mol. The van der Waals surface area contributed by atoms with Crippen molar-refractivity contribution in [1.29, 1.82) is 0 Å². The molecule has 9 aromatic carbocycles. The second-order valence-corrected chi connectivity index (χ2v) is 23.0. The summed E-state index contributed by atoms with van der Waals surface area (Å²) in [6.07, 6.45) is 0. The van der Waals surface area contributed by atoms with Crippen LogP contribution in [0.25, 0.3) is 44.5 Å². The molecule has 72 heavy (non-hydrogen) atoms. The average Bonchev–Trinajstić information content (AvgIpc) is 4.04. The third-order valence-corrected chi connectivity index (χ3v) is 17.6. The minimum Gasteiger partial charge on any atom is -0.311 e. The zero-order valence-electron chi connectivity index (χ0n) is 42.0. The Kier molecular flexibility index (Phi) is 9.39. The van der Waals surface area contributed by atoms with Crippen molar-refractivity contribution in [3.05, 3.63) is 244 Å². The molecule has 0 saturated heterocycles. The van der Waals surface area contributed by atoms with E-state index in [2.05, 4.69) is 270 Å². The van der Waals surface area contributed by atoms with E-state index in [9.17, 15) is 0 Å². The Bertz CT molecular complexity index is 3810. The Morgan fingerprint density at radius 2 is 1.11 bits per heavy atom. The van der Waals surface area contributed by atoms with Crippen LogP contribution in [0.3, 0.4) is 0 Å². The summed E-state index contributed by atoms with van der Waals surface area (Å²) in [4.78, 5) is 6.67. The molecule has 4 heteroatoms. The molecule has 2 aliphatic heterocycles. The predicted octanol–water partition coefficient (Wildman–Crippen LogP) is 16.5. The zero-order valence-corrected chi connectivity index (χ0v) is 42.8. The van der Waals surface area contributed by atoms with Crippen molar-refractivity contribution < 1.29 is 0 Å². The van der Waals surface area contributed by atoms with Gasteiger partial charge in [-0.15, -0.1) is 11.3 Å². The summed E-state index contributed by atoms with van der Waals surface area (Å²) in [7, 11) is 0. The van der Waals surface area contributed by atoms with E-state index in [0.29, 0.717) is 5.92 Å². The Balaban J connectivity index is 1.11. The predicted molar refractivity (Wildman–Crippen MR) is 308 cm³/mol. The standard InChI is InChI=1S/C68H55BN2S/c1-41(2)45-27-34-53-57(39-45)68(55-24-16-14-22-51(55)52-23-15-17-25-56(52)68)65-62(53)64-66(72-65)69-58-35-28-46(54-36-42(3)26-33-50(54)44-18-10-8-11-19-44)40-59(58)70(48-20-12-9-13-21-48)60-37-43(4)38-61(63(60)69)71(64)49-31-29-47(30-32-49)67(5,6)7/h8-41H,1-7H3. The number of nitrogens with zero attached hydrogens (tertiary/aromatic N) is 2. The topological polar surface area (TPSA) is 6.48 Å². The maximum Gasteiger partial charge on any atom is 0.264 e. The fraction of sp³-hybridized carbons (Fsp3) is 0.147. The molecule has 0 amide bonds. The Hall–Kier alpha value is -7.66. The molecule has 0 unspecified atom stereocenters. The van der Waals surface area contributed by atoms with Gasteiger partial charge in [-0.25, -0.2) is 0 Å². The second kappa shape index (κ2) is 15.7. The van der Waals surface area contributed by atoms with Crippen LogP contribution in [0.2, 0.25) is 0 Å². The van der Waals surface area contributed by atoms with Crippen LogP contribution in [0.1, 0.15) is 84.4 Å². The maximum atomic E-state index is 2.67. The number of rotatable bonds is 5. The lowest BCUT2D eigenvalue weighted by Crippen LogP contribution is -2.60. The summed E-state index contributed by atoms with van der Waals surface area (Å²) in [5.41, 5.74) is 29.3. The minimum atomic E-state index is -0.478. The molecule has 2 nitrogen and oxygen atoms in total. The van der Waals surface area contributed by atoms with E-state index in [-0.39, 0.29) is 12.1 Å². The van der Waals surface area contributed by atoms with Crippen LogP contribution in [0.5, 0.6) is 0 Å². The van der Waals surface area contributed by atoms with Gasteiger partial charge < -0.3 is 9.80 Å². The number of para-hydroxylation sites is 1. The first kappa shape index (κ1) is 43.2. The molecule has 0 radical (unpaired) electrons. The molecule has 4 aliphatic rings. The molecule has 0 atom stereocenters. The molecule has 10 aromatic rings. The van der Waals surface area contributed by atoms with Gasteiger partial charge >= 0.3 is 0 Å². The lowest BCUT2D eigenvalue weighted by molar-refractivity contribution is 0.590. The second-order valence-electron chi connectivity index (χ2n) is 22.0. The van der Waals surface area contributed by atoms with Crippen LogP contribution in [0.4, 0.5) is 34.1 Å². The molecule has 0 saturated carbocycles. The molecule has 1 spiro atoms. The average molecular weight is 943 g/mol. The highest BCUT2D eigenvalue weighted by Crippen LogP contribution is 2.67. The fourth-order valence-corrected chi connectivity index (χ4v) is 14.6. The van der Waals surface area contributed by atoms with E-state index < -0.39 is 5.41 Å². The quantitative estimate of drug-likeness (QED) is 0.159. The van der Waals surface area contributed by atoms with Gasteiger partial charge in [-0.3, -0.25) is 0 Å². The molecule has 0 fully saturated rings. The molecular weight excluding hydrogens is 888 g/mol. The first-order valence-electron chi connectivity index (χ1n) is 25.7. The number of hydrogen-bond donors (Lipinski definition) is 0. The Morgan fingerprint density at radius 1 is 0.486 bits per heavy atom. The van der Waals surface area contributed by atoms with Crippen molar-refractivity contribution in [3.63, 3.8) is 0 Å². The van der Waals surface area contributed by atoms with Gasteiger partial charge in [0.15, 0.2) is 0 Å². The number of aryl methyl sites for hydroxylation is 2. The van der Waals surface area contributed by atoms with E-state index in [1.165, 1.54) is 132 Å². The number of thiophene rings is 1. The van der Waals surface area contributed by atoms with Gasteiger partial charge in [-0.2, -0.15) is 0 Å². The summed E-state index contributed by atoms with van der Waals surface area (Å²) in [6.45, 7) is 16.1. The zero-order chi connectivity index (χ0) is 48.8. The fourth-order valence-electron chi connectivity index (χ4n) is 13.0. The van der Waals surface area contributed by atoms with E-state index in [0.717, 1.165) is 5.69 Å². The van der Waals surface area contributed by atoms with Gasteiger partial charge in [-0.05, 0) is 151 Å². The van der Waals surface area contributed by atoms with E-state index in [1.807, 2.05) is 0 Å². The Labute approximate surface area is 429 Å². The summed E-state index contributed by atoms with van der Waals surface area (Å²) < 4.78 is 1.40. The summed E-state index contributed by atoms with van der Waals surface area (Å²) >= 11 is 2.07. The summed E-state index contributed by atoms with van der Waals surface area (Å²) in [5.74, 6) is 0.387. The highest BCUT2D eigenvalue weighted by atomic mass is 32.1. The third kappa shape index (κ3) is 6.02. The van der Waals surface area contributed by atoms with Crippen LogP contribution in [0, 0.1) is 13.8 Å². The molecule has 3 heterocycles. The maximum absolute atomic E-state index is 2.67. The van der Waals surface area contributed by atoms with Crippen molar-refractivity contribution in [2.45, 2.75) is 65.2 Å². The molecular formula is C68H55BN2S. The molecule has 0 N–H and O–H groups in total. The van der Waals surface area contributed by atoms with Crippen molar-refractivity contribution in [3.8, 4) is 44.5 Å². The molecule has 14 rings (SSSR count). The number of benzene rings is 9. The first-order valence-corrected chi connectivity index (χ1v) is 26.5. The first-order chi connectivity index (χ1) is 35.0. The van der Waals surface area contributed by atoms with E-state index in [1.54, 1.807) is 0 Å². The summed E-state index contributed by atoms with van der Waals surface area (Å²) in [6, 6.07) is 76.8. The summed E-state index contributed by atoms with van der Waals surface area (Å²) in [5, 5.41) is 0. The number of anilines is 6. The van der Waals surface area contributed by atoms with Gasteiger partial charge in [-0.1, -0.05) is 198 Å². The SMILES string of the molecule is Cc1ccc(-c2ccccc2)c(-c2ccc3c(c2)N(c2ccccc2)c2cc(C)cc4c2B3c2sc3c(c2N4c2ccc(C(C)(C)C)cc2)-c2ccc(C(C)C)cc2C32c3ccccc3-c3ccccc32)c1. The van der Waals surface area contributed by atoms with Crippen LogP contribution < -0.4 is 25.5 Å². The van der Waals surface area contributed by atoms with Crippen LogP contribution in [0.15, 0.2) is 200 Å². The van der Waals surface area contributed by atoms with Gasteiger partial charge in [0.1, 0.15) is 0 Å². The lowest BCUT2D eigenvalue weighted by Gasteiger charge is -2.44. The largest absolute Gasteiger partial charge is 0.311 e. The van der Waals surface area contributed by atoms with Crippen molar-refractivity contribution in [2.75, 3.05) is 9.80 Å². The van der Waals surface area contributed by atoms with Crippen molar-refractivity contribution >= 4 is 67.9 Å². The molecule has 346 valence electrons. The smallest absolute Gasteiger partial charge is 0.264 e. The van der Waals surface area contributed by atoms with Gasteiger partial charge in [0.05, 0.1) is 11.1 Å². The van der Waals surface area contributed by atoms with Crippen molar-refractivity contribution in [1.82, 2.24) is 0 Å². The van der Waals surface area contributed by atoms with Gasteiger partial charge in [0.25, 0.3) is 6.71 Å². The van der Waals surface area contributed by atoms with Crippen molar-refractivity contribution in [2.24, 2.45) is 0 Å². The number of hydrogen-bond acceptors (Lipinski definition) is 3. The molecule has 0 bridgehead atoms. The van der Waals surface area contributed by atoms with Crippen LogP contribution >= 0.6 is 11.3 Å². The van der Waals surface area contributed by atoms with E-state index >= 15 is 0 Å². The highest BCUT2D eigenvalue weighted by molar-refractivity contribution is 7.30. The Morgan fingerprint density at radius 3 is 1.79 bits per heavy atom. The molecule has 1 aromatic heterocycles. The minimum absolute atomic E-state index is 0.0184. The molecule has 2 aliphatic carbocycles. The number of fused-ring (bicyclic) bond motifs is 15. The normalized spacial score (nSPS) is 14.2.